The van der Waals surface area contributed by atoms with Gasteiger partial charge in [0.1, 0.15) is 19.0 Å². The maximum atomic E-state index is 12.4. The molecule has 2 fully saturated rings. The van der Waals surface area contributed by atoms with Gasteiger partial charge in [-0.25, -0.2) is 4.79 Å². The summed E-state index contributed by atoms with van der Waals surface area (Å²) in [5.74, 6) is 0.0799. The molecule has 8 heteroatoms. The van der Waals surface area contributed by atoms with E-state index in [1.807, 2.05) is 6.08 Å². The van der Waals surface area contributed by atoms with Crippen molar-refractivity contribution in [1.29, 1.82) is 0 Å². The van der Waals surface area contributed by atoms with Gasteiger partial charge in [0, 0.05) is 17.7 Å². The van der Waals surface area contributed by atoms with Crippen LogP contribution in [0.3, 0.4) is 0 Å². The van der Waals surface area contributed by atoms with Crippen LogP contribution in [0.15, 0.2) is 48.6 Å². The third-order valence-electron chi connectivity index (χ3n) is 12.1. The van der Waals surface area contributed by atoms with Crippen LogP contribution >= 0.6 is 11.6 Å². The molecule has 0 bridgehead atoms. The van der Waals surface area contributed by atoms with E-state index in [-0.39, 0.29) is 54.3 Å². The highest BCUT2D eigenvalue weighted by Gasteiger charge is 2.42. The summed E-state index contributed by atoms with van der Waals surface area (Å²) < 4.78 is 16.4. The first-order valence-corrected chi connectivity index (χ1v) is 22.6. The lowest BCUT2D eigenvalue weighted by atomic mass is 9.63. The van der Waals surface area contributed by atoms with Crippen LogP contribution in [0.25, 0.3) is 0 Å². The van der Waals surface area contributed by atoms with Crippen molar-refractivity contribution in [2.75, 3.05) is 19.8 Å². The van der Waals surface area contributed by atoms with Gasteiger partial charge in [0.2, 0.25) is 0 Å². The Morgan fingerprint density at radius 2 is 1.44 bits per heavy atom. The zero-order valence-corrected chi connectivity index (χ0v) is 35.2. The number of hydrogen-bond donors (Lipinski definition) is 2. The molecule has 312 valence electrons. The molecule has 3 rings (SSSR count). The van der Waals surface area contributed by atoms with Gasteiger partial charge < -0.3 is 24.4 Å². The van der Waals surface area contributed by atoms with Crippen molar-refractivity contribution in [3.63, 3.8) is 0 Å². The van der Waals surface area contributed by atoms with E-state index in [1.54, 1.807) is 24.3 Å². The third-order valence-corrected chi connectivity index (χ3v) is 12.6. The lowest BCUT2D eigenvalue weighted by Crippen LogP contribution is -2.40. The number of hydrogen-bond acceptors (Lipinski definition) is 7. The van der Waals surface area contributed by atoms with Crippen molar-refractivity contribution in [1.82, 2.24) is 0 Å². The smallest absolute Gasteiger partial charge is 0.338 e. The van der Waals surface area contributed by atoms with Gasteiger partial charge in [-0.05, 0) is 93.4 Å². The van der Waals surface area contributed by atoms with Gasteiger partial charge >= 0.3 is 11.9 Å². The molecule has 2 N–H and O–H groups in total. The first-order valence-electron chi connectivity index (χ1n) is 22.2. The predicted octanol–water partition coefficient (Wildman–Crippen LogP) is 11.9. The van der Waals surface area contributed by atoms with Gasteiger partial charge in [0.25, 0.3) is 0 Å². The Kier molecular flexibility index (Phi) is 24.0. The van der Waals surface area contributed by atoms with Crippen LogP contribution in [-0.4, -0.2) is 59.6 Å². The second-order valence-electron chi connectivity index (χ2n) is 16.2. The fraction of sp³-hybridized carbons (Fsp3) is 0.745. The number of halogens is 1. The first-order chi connectivity index (χ1) is 26.8. The average Bonchev–Trinajstić information content (AvgIpc) is 3.43. The molecule has 5 atom stereocenters. The Labute approximate surface area is 339 Å². The van der Waals surface area contributed by atoms with Crippen molar-refractivity contribution >= 4 is 23.5 Å². The van der Waals surface area contributed by atoms with Crippen LogP contribution in [0.1, 0.15) is 178 Å². The van der Waals surface area contributed by atoms with E-state index >= 15 is 0 Å². The Morgan fingerprint density at radius 3 is 2.04 bits per heavy atom. The molecular formula is C47H75ClO7. The van der Waals surface area contributed by atoms with Gasteiger partial charge in [0.15, 0.2) is 0 Å². The molecule has 0 heterocycles. The Hall–Kier alpha value is -2.35. The van der Waals surface area contributed by atoms with E-state index in [2.05, 4.69) is 32.1 Å². The number of carbonyl (C=O) groups excluding carboxylic acids is 2. The second-order valence-corrected chi connectivity index (χ2v) is 16.8. The molecule has 0 aromatic heterocycles. The average molecular weight is 788 g/mol. The molecular weight excluding hydrogens is 712 g/mol. The molecule has 1 aromatic rings. The number of benzene rings is 1. The zero-order chi connectivity index (χ0) is 39.6. The monoisotopic (exact) mass is 787 g/mol. The summed E-state index contributed by atoms with van der Waals surface area (Å²) in [7, 11) is 0. The first kappa shape index (κ1) is 47.0. The minimum absolute atomic E-state index is 0.00271. The van der Waals surface area contributed by atoms with Crippen molar-refractivity contribution in [2.45, 2.75) is 186 Å². The Bertz CT molecular complexity index is 1220. The summed E-state index contributed by atoms with van der Waals surface area (Å²) in [5.41, 5.74) is 0.508. The topological polar surface area (TPSA) is 102 Å². The molecule has 1 aromatic carbocycles. The molecule has 0 radical (unpaired) electrons. The van der Waals surface area contributed by atoms with Crippen LogP contribution in [-0.2, 0) is 14.3 Å². The van der Waals surface area contributed by atoms with Crippen LogP contribution in [0.5, 0.6) is 5.75 Å². The molecule has 0 aliphatic heterocycles. The molecule has 0 unspecified atom stereocenters. The minimum atomic E-state index is -0.472. The van der Waals surface area contributed by atoms with Crippen molar-refractivity contribution in [2.24, 2.45) is 17.3 Å². The van der Waals surface area contributed by atoms with E-state index < -0.39 is 12.1 Å². The van der Waals surface area contributed by atoms with E-state index in [1.165, 1.54) is 89.9 Å². The van der Waals surface area contributed by atoms with Gasteiger partial charge in [-0.1, -0.05) is 128 Å². The molecule has 0 spiro atoms. The highest BCUT2D eigenvalue weighted by Crippen LogP contribution is 2.48. The normalized spacial score (nSPS) is 21.2. The minimum Gasteiger partial charge on any atom is -0.494 e. The van der Waals surface area contributed by atoms with E-state index in [9.17, 15) is 19.8 Å². The molecule has 2 saturated carbocycles. The highest BCUT2D eigenvalue weighted by atomic mass is 35.5. The summed E-state index contributed by atoms with van der Waals surface area (Å²) in [6.07, 6.45) is 34.1. The van der Waals surface area contributed by atoms with Crippen LogP contribution in [0, 0.1) is 17.3 Å². The summed E-state index contributed by atoms with van der Waals surface area (Å²) in [4.78, 5) is 24.6. The van der Waals surface area contributed by atoms with Crippen LogP contribution < -0.4 is 4.74 Å². The van der Waals surface area contributed by atoms with Gasteiger partial charge in [-0.3, -0.25) is 4.79 Å². The molecule has 0 saturated heterocycles. The highest BCUT2D eigenvalue weighted by molar-refractivity contribution is 6.21. The van der Waals surface area contributed by atoms with E-state index in [0.717, 1.165) is 44.3 Å². The third kappa shape index (κ3) is 18.2. The standard InChI is InChI=1S/C47H75ClO7/c1-3-5-6-7-8-9-10-11-12-13-14-15-18-21-34-53-39-30-28-38(29-31-39)46(52)55-36-35-54-45(51)27-20-17-16-19-24-40-41(43(49)37-42(40)48)25-22-26-44(50)47(4-2)32-23-33-47/h16,19,22,25,28-31,40-44,49-50H,3-15,17-18,20-21,23-24,26-27,32-37H2,1-2H3/b19-16-,25-22+/t40-,41-,42-,43-,44+/m1/s1. The van der Waals surface area contributed by atoms with E-state index in [4.69, 9.17) is 25.8 Å². The maximum Gasteiger partial charge on any atom is 0.338 e. The number of rotatable bonds is 31. The number of allylic oxidation sites excluding steroid dienone is 2. The number of ether oxygens (including phenoxy) is 3. The molecule has 0 amide bonds. The van der Waals surface area contributed by atoms with Crippen molar-refractivity contribution in [3.8, 4) is 5.75 Å². The molecule has 7 nitrogen and oxygen atoms in total. The van der Waals surface area contributed by atoms with Crippen molar-refractivity contribution < 1.29 is 34.0 Å². The summed E-state index contributed by atoms with van der Waals surface area (Å²) in [5, 5.41) is 21.3. The number of alkyl halides is 1. The fourth-order valence-corrected chi connectivity index (χ4v) is 8.64. The second kappa shape index (κ2) is 28.1. The number of aliphatic hydroxyl groups excluding tert-OH is 2. The van der Waals surface area contributed by atoms with Crippen LogP contribution in [0.4, 0.5) is 0 Å². The quantitative estimate of drug-likeness (QED) is 0.0334. The maximum absolute atomic E-state index is 12.4. The number of unbranched alkanes of at least 4 members (excludes halogenated alkanes) is 14. The summed E-state index contributed by atoms with van der Waals surface area (Å²) >= 11 is 6.62. The van der Waals surface area contributed by atoms with Crippen molar-refractivity contribution in [3.05, 3.63) is 54.1 Å². The zero-order valence-electron chi connectivity index (χ0n) is 34.4. The molecule has 2 aliphatic carbocycles. The van der Waals surface area contributed by atoms with Gasteiger partial charge in [-0.2, -0.15) is 0 Å². The molecule has 55 heavy (non-hydrogen) atoms. The summed E-state index contributed by atoms with van der Waals surface area (Å²) in [6, 6.07) is 6.98. The molecule has 2 aliphatic rings. The lowest BCUT2D eigenvalue weighted by molar-refractivity contribution is -0.144. The van der Waals surface area contributed by atoms with Gasteiger partial charge in [-0.15, -0.1) is 11.6 Å². The number of esters is 2. The summed E-state index contributed by atoms with van der Waals surface area (Å²) in [6.45, 7) is 5.13. The Morgan fingerprint density at radius 1 is 0.818 bits per heavy atom. The fourth-order valence-electron chi connectivity index (χ4n) is 8.19. The van der Waals surface area contributed by atoms with Crippen LogP contribution in [0.2, 0.25) is 0 Å². The lowest BCUT2D eigenvalue weighted by Gasteiger charge is -2.45. The predicted molar refractivity (Wildman–Crippen MR) is 225 cm³/mol. The number of aliphatic hydroxyl groups is 2. The van der Waals surface area contributed by atoms with Gasteiger partial charge in [0.05, 0.1) is 24.4 Å². The largest absolute Gasteiger partial charge is 0.494 e. The number of carbonyl (C=O) groups is 2. The Balaban J connectivity index is 1.16. The SMILES string of the molecule is CCCCCCCCCCCCCCCCOc1ccc(C(=O)OCCOC(=O)CCC/C=C\C[C@@H]2[C@@H](/C=C/C[C@H](O)C3(CC)CCC3)[C@H](O)C[C@H]2Cl)cc1. The van der Waals surface area contributed by atoms with E-state index in [0.29, 0.717) is 31.4 Å².